The van der Waals surface area contributed by atoms with Crippen LogP contribution < -0.4 is 0 Å². The summed E-state index contributed by atoms with van der Waals surface area (Å²) in [6, 6.07) is 0. The predicted molar refractivity (Wildman–Crippen MR) is 74.9 cm³/mol. The van der Waals surface area contributed by atoms with Crippen LogP contribution >= 0.6 is 23.2 Å². The zero-order chi connectivity index (χ0) is 12.2. The van der Waals surface area contributed by atoms with E-state index in [-0.39, 0.29) is 0 Å². The van der Waals surface area contributed by atoms with Crippen molar-refractivity contribution in [3.8, 4) is 0 Å². The number of hydrogen-bond acceptors (Lipinski definition) is 2. The van der Waals surface area contributed by atoms with E-state index in [0.29, 0.717) is 0 Å². The van der Waals surface area contributed by atoms with Crippen LogP contribution in [0.5, 0.6) is 0 Å². The Bertz CT molecular complexity index is 131. The van der Waals surface area contributed by atoms with Gasteiger partial charge < -0.3 is 9.80 Å². The molecule has 0 saturated carbocycles. The molecule has 1 aliphatic rings. The molecular weight excluding hydrogens is 243 g/mol. The average molecular weight is 269 g/mol. The second-order valence-electron chi connectivity index (χ2n) is 3.95. The van der Waals surface area contributed by atoms with Crippen molar-refractivity contribution in [3.05, 3.63) is 0 Å². The molecule has 1 rings (SSSR count). The molecule has 0 aliphatic carbocycles. The van der Waals surface area contributed by atoms with Gasteiger partial charge in [0.25, 0.3) is 0 Å². The van der Waals surface area contributed by atoms with E-state index >= 15 is 0 Å². The molecule has 1 aliphatic heterocycles. The molecule has 0 radical (unpaired) electrons. The third kappa shape index (κ3) is 8.63. The van der Waals surface area contributed by atoms with Crippen LogP contribution in [0.4, 0.5) is 0 Å². The molecular formula is C12H26Cl2N2. The van der Waals surface area contributed by atoms with Gasteiger partial charge in [-0.05, 0) is 39.0 Å². The molecule has 0 aromatic heterocycles. The normalized spacial score (nSPS) is 16.3. The molecule has 0 unspecified atom stereocenters. The number of halogens is 2. The highest BCUT2D eigenvalue weighted by atomic mass is 35.5. The molecule has 0 bridgehead atoms. The van der Waals surface area contributed by atoms with Crippen molar-refractivity contribution < 1.29 is 0 Å². The van der Waals surface area contributed by atoms with E-state index in [9.17, 15) is 0 Å². The quantitative estimate of drug-likeness (QED) is 0.684. The zero-order valence-corrected chi connectivity index (χ0v) is 12.2. The molecule has 0 amide bonds. The molecule has 1 heterocycles. The number of alkyl halides is 2. The highest BCUT2D eigenvalue weighted by Crippen LogP contribution is 2.05. The number of hydrogen-bond donors (Lipinski definition) is 0. The van der Waals surface area contributed by atoms with Gasteiger partial charge in [-0.15, -0.1) is 23.2 Å². The zero-order valence-electron chi connectivity index (χ0n) is 10.7. The smallest absolute Gasteiger partial charge is 0.0351 e. The monoisotopic (exact) mass is 268 g/mol. The standard InChI is InChI=1S/C6H12ClN.C6H14ClN/c7-3-6-8-4-1-2-5-8;1-3-8(4-2)6-5-7/h1-6H2;3-6H2,1-2H3. The fourth-order valence-corrected chi connectivity index (χ4v) is 2.26. The second-order valence-corrected chi connectivity index (χ2v) is 4.71. The van der Waals surface area contributed by atoms with Gasteiger partial charge in [-0.3, -0.25) is 0 Å². The van der Waals surface area contributed by atoms with Gasteiger partial charge >= 0.3 is 0 Å². The molecule has 0 atom stereocenters. The summed E-state index contributed by atoms with van der Waals surface area (Å²) >= 11 is 11.1. The Morgan fingerprint density at radius 1 is 1.00 bits per heavy atom. The van der Waals surface area contributed by atoms with Crippen molar-refractivity contribution in [1.82, 2.24) is 9.80 Å². The molecule has 16 heavy (non-hydrogen) atoms. The largest absolute Gasteiger partial charge is 0.303 e. The fourth-order valence-electron chi connectivity index (χ4n) is 1.79. The Labute approximate surface area is 111 Å². The molecule has 98 valence electrons. The Morgan fingerprint density at radius 2 is 1.56 bits per heavy atom. The van der Waals surface area contributed by atoms with Gasteiger partial charge in [-0.1, -0.05) is 13.8 Å². The first-order valence-electron chi connectivity index (χ1n) is 6.35. The van der Waals surface area contributed by atoms with Crippen LogP contribution in [0.15, 0.2) is 0 Å². The summed E-state index contributed by atoms with van der Waals surface area (Å²) in [4.78, 5) is 4.71. The van der Waals surface area contributed by atoms with Gasteiger partial charge in [-0.25, -0.2) is 0 Å². The first-order chi connectivity index (χ1) is 7.78. The first-order valence-corrected chi connectivity index (χ1v) is 7.42. The van der Waals surface area contributed by atoms with Crippen molar-refractivity contribution in [3.63, 3.8) is 0 Å². The minimum Gasteiger partial charge on any atom is -0.303 e. The van der Waals surface area contributed by atoms with Crippen molar-refractivity contribution in [1.29, 1.82) is 0 Å². The lowest BCUT2D eigenvalue weighted by Crippen LogP contribution is -2.24. The number of likely N-dealkylation sites (tertiary alicyclic amines) is 1. The minimum absolute atomic E-state index is 0.752. The lowest BCUT2D eigenvalue weighted by Gasteiger charge is -2.14. The fraction of sp³-hybridized carbons (Fsp3) is 1.00. The van der Waals surface area contributed by atoms with E-state index in [4.69, 9.17) is 23.2 Å². The van der Waals surface area contributed by atoms with Gasteiger partial charge in [0.2, 0.25) is 0 Å². The van der Waals surface area contributed by atoms with E-state index in [1.54, 1.807) is 0 Å². The lowest BCUT2D eigenvalue weighted by atomic mass is 10.4. The number of nitrogens with zero attached hydrogens (tertiary/aromatic N) is 2. The first kappa shape index (κ1) is 16.5. The van der Waals surface area contributed by atoms with Crippen LogP contribution in [0.3, 0.4) is 0 Å². The SMILES string of the molecule is CCN(CC)CCCl.ClCCN1CCCC1. The van der Waals surface area contributed by atoms with E-state index in [0.717, 1.165) is 37.9 Å². The molecule has 2 nitrogen and oxygen atoms in total. The van der Waals surface area contributed by atoms with E-state index in [1.165, 1.54) is 25.9 Å². The predicted octanol–water partition coefficient (Wildman–Crippen LogP) is 2.89. The van der Waals surface area contributed by atoms with Gasteiger partial charge in [-0.2, -0.15) is 0 Å². The van der Waals surface area contributed by atoms with Crippen LogP contribution in [0.1, 0.15) is 26.7 Å². The summed E-state index contributed by atoms with van der Waals surface area (Å²) in [5, 5.41) is 0. The average Bonchev–Trinajstić information content (AvgIpc) is 2.80. The minimum atomic E-state index is 0.752. The van der Waals surface area contributed by atoms with Crippen molar-refractivity contribution >= 4 is 23.2 Å². The van der Waals surface area contributed by atoms with E-state index < -0.39 is 0 Å². The Kier molecular flexibility index (Phi) is 12.3. The highest BCUT2D eigenvalue weighted by molar-refractivity contribution is 6.18. The maximum absolute atomic E-state index is 5.54. The summed E-state index contributed by atoms with van der Waals surface area (Å²) in [6.07, 6.45) is 2.74. The number of rotatable bonds is 6. The van der Waals surface area contributed by atoms with E-state index in [1.807, 2.05) is 0 Å². The molecule has 0 aromatic carbocycles. The maximum atomic E-state index is 5.54. The molecule has 1 saturated heterocycles. The Hall–Kier alpha value is 0.500. The van der Waals surface area contributed by atoms with Crippen LogP contribution in [0, 0.1) is 0 Å². The van der Waals surface area contributed by atoms with Gasteiger partial charge in [0, 0.05) is 24.8 Å². The summed E-state index contributed by atoms with van der Waals surface area (Å²) in [6.45, 7) is 11.2. The summed E-state index contributed by atoms with van der Waals surface area (Å²) in [5.41, 5.74) is 0. The van der Waals surface area contributed by atoms with Crippen molar-refractivity contribution in [2.45, 2.75) is 26.7 Å². The topological polar surface area (TPSA) is 6.48 Å². The third-order valence-corrected chi connectivity index (χ3v) is 3.23. The van der Waals surface area contributed by atoms with Crippen molar-refractivity contribution in [2.75, 3.05) is 51.0 Å². The summed E-state index contributed by atoms with van der Waals surface area (Å²) in [5.74, 6) is 1.54. The Balaban J connectivity index is 0.000000281. The summed E-state index contributed by atoms with van der Waals surface area (Å²) in [7, 11) is 0. The third-order valence-electron chi connectivity index (χ3n) is 2.89. The van der Waals surface area contributed by atoms with Crippen LogP contribution in [-0.4, -0.2) is 60.8 Å². The molecule has 4 heteroatoms. The highest BCUT2D eigenvalue weighted by Gasteiger charge is 2.08. The van der Waals surface area contributed by atoms with Crippen LogP contribution in [-0.2, 0) is 0 Å². The molecule has 1 fully saturated rings. The lowest BCUT2D eigenvalue weighted by molar-refractivity contribution is 0.323. The maximum Gasteiger partial charge on any atom is 0.0351 e. The van der Waals surface area contributed by atoms with Crippen LogP contribution in [0.2, 0.25) is 0 Å². The van der Waals surface area contributed by atoms with Crippen LogP contribution in [0.25, 0.3) is 0 Å². The Morgan fingerprint density at radius 3 is 1.88 bits per heavy atom. The van der Waals surface area contributed by atoms with Gasteiger partial charge in [0.15, 0.2) is 0 Å². The van der Waals surface area contributed by atoms with Gasteiger partial charge in [0.05, 0.1) is 0 Å². The van der Waals surface area contributed by atoms with E-state index in [2.05, 4.69) is 23.6 Å². The molecule has 0 spiro atoms. The second kappa shape index (κ2) is 12.0. The molecule has 0 aromatic rings. The van der Waals surface area contributed by atoms with Crippen molar-refractivity contribution in [2.24, 2.45) is 0 Å². The van der Waals surface area contributed by atoms with Gasteiger partial charge in [0.1, 0.15) is 0 Å². The molecule has 0 N–H and O–H groups in total. The summed E-state index contributed by atoms with van der Waals surface area (Å²) < 4.78 is 0.